The summed E-state index contributed by atoms with van der Waals surface area (Å²) in [6.07, 6.45) is -2.43. The molecule has 2 nitrogen and oxygen atoms in total. The van der Waals surface area contributed by atoms with Crippen molar-refractivity contribution >= 4 is 15.9 Å². The lowest BCUT2D eigenvalue weighted by Crippen LogP contribution is -2.30. The standard InChI is InChI=1S/C9H10BrF2NO/c10-6-3-5(1-2-8(6)14)4-7(13)9(11)12/h1-3,7,9,14H,4,13H2. The molecule has 0 bridgehead atoms. The zero-order valence-electron chi connectivity index (χ0n) is 7.25. The molecule has 0 radical (unpaired) electrons. The van der Waals surface area contributed by atoms with Crippen molar-refractivity contribution in [3.05, 3.63) is 28.2 Å². The van der Waals surface area contributed by atoms with Crippen LogP contribution in [0, 0.1) is 0 Å². The smallest absolute Gasteiger partial charge is 0.253 e. The maximum absolute atomic E-state index is 12.1. The number of benzene rings is 1. The highest BCUT2D eigenvalue weighted by molar-refractivity contribution is 9.10. The Morgan fingerprint density at radius 3 is 2.57 bits per heavy atom. The van der Waals surface area contributed by atoms with Crippen LogP contribution in [-0.2, 0) is 6.42 Å². The number of nitrogens with two attached hydrogens (primary N) is 1. The van der Waals surface area contributed by atoms with Gasteiger partial charge in [0.1, 0.15) is 5.75 Å². The summed E-state index contributed by atoms with van der Waals surface area (Å²) in [5.74, 6) is 0.0827. The van der Waals surface area contributed by atoms with Gasteiger partial charge in [0.15, 0.2) is 0 Å². The molecule has 0 fully saturated rings. The minimum absolute atomic E-state index is 0.0827. The zero-order valence-corrected chi connectivity index (χ0v) is 8.84. The van der Waals surface area contributed by atoms with Gasteiger partial charge < -0.3 is 10.8 Å². The third-order valence-electron chi connectivity index (χ3n) is 1.81. The molecule has 0 aliphatic rings. The van der Waals surface area contributed by atoms with Crippen molar-refractivity contribution < 1.29 is 13.9 Å². The van der Waals surface area contributed by atoms with Gasteiger partial charge in [-0.1, -0.05) is 6.07 Å². The molecular formula is C9H10BrF2NO. The van der Waals surface area contributed by atoms with Gasteiger partial charge in [0.2, 0.25) is 0 Å². The Hall–Kier alpha value is -0.680. The summed E-state index contributed by atoms with van der Waals surface area (Å²) in [6.45, 7) is 0. The van der Waals surface area contributed by atoms with Gasteiger partial charge >= 0.3 is 0 Å². The van der Waals surface area contributed by atoms with Crippen molar-refractivity contribution in [2.24, 2.45) is 5.73 Å². The van der Waals surface area contributed by atoms with Crippen LogP contribution in [0.15, 0.2) is 22.7 Å². The highest BCUT2D eigenvalue weighted by atomic mass is 79.9. The molecule has 0 heterocycles. The van der Waals surface area contributed by atoms with E-state index >= 15 is 0 Å². The topological polar surface area (TPSA) is 46.2 Å². The lowest BCUT2D eigenvalue weighted by molar-refractivity contribution is 0.116. The minimum Gasteiger partial charge on any atom is -0.507 e. The Balaban J connectivity index is 2.73. The van der Waals surface area contributed by atoms with Gasteiger partial charge in [-0.25, -0.2) is 8.78 Å². The van der Waals surface area contributed by atoms with Gasteiger partial charge in [0.05, 0.1) is 10.5 Å². The fraction of sp³-hybridized carbons (Fsp3) is 0.333. The number of alkyl halides is 2. The van der Waals surface area contributed by atoms with Crippen LogP contribution in [0.3, 0.4) is 0 Å². The lowest BCUT2D eigenvalue weighted by atomic mass is 10.1. The SMILES string of the molecule is NC(Cc1ccc(O)c(Br)c1)C(F)F. The molecule has 14 heavy (non-hydrogen) atoms. The molecule has 1 unspecified atom stereocenters. The molecule has 1 aromatic rings. The summed E-state index contributed by atoms with van der Waals surface area (Å²) in [5.41, 5.74) is 5.88. The number of hydrogen-bond donors (Lipinski definition) is 2. The van der Waals surface area contributed by atoms with E-state index in [0.29, 0.717) is 10.0 Å². The van der Waals surface area contributed by atoms with Crippen LogP contribution in [0.25, 0.3) is 0 Å². The first-order valence-corrected chi connectivity index (χ1v) is 4.81. The Bertz CT molecular complexity index is 320. The number of rotatable bonds is 3. The Labute approximate surface area is 88.9 Å². The second kappa shape index (κ2) is 4.70. The van der Waals surface area contributed by atoms with Crippen molar-refractivity contribution in [3.63, 3.8) is 0 Å². The largest absolute Gasteiger partial charge is 0.507 e. The number of hydrogen-bond acceptors (Lipinski definition) is 2. The number of halogens is 3. The molecule has 0 amide bonds. The van der Waals surface area contributed by atoms with E-state index in [1.165, 1.54) is 6.07 Å². The highest BCUT2D eigenvalue weighted by Gasteiger charge is 2.15. The predicted molar refractivity (Wildman–Crippen MR) is 53.5 cm³/mol. The van der Waals surface area contributed by atoms with Crippen molar-refractivity contribution in [2.75, 3.05) is 0 Å². The van der Waals surface area contributed by atoms with E-state index in [2.05, 4.69) is 15.9 Å². The van der Waals surface area contributed by atoms with Crippen molar-refractivity contribution in [1.29, 1.82) is 0 Å². The lowest BCUT2D eigenvalue weighted by Gasteiger charge is -2.10. The van der Waals surface area contributed by atoms with Crippen LogP contribution in [0.1, 0.15) is 5.56 Å². The third kappa shape index (κ3) is 2.92. The number of aromatic hydroxyl groups is 1. The molecule has 0 spiro atoms. The first-order valence-electron chi connectivity index (χ1n) is 4.02. The first kappa shape index (κ1) is 11.4. The van der Waals surface area contributed by atoms with Crippen molar-refractivity contribution in [2.45, 2.75) is 18.9 Å². The van der Waals surface area contributed by atoms with Crippen LogP contribution in [-0.4, -0.2) is 17.6 Å². The maximum atomic E-state index is 12.1. The second-order valence-corrected chi connectivity index (χ2v) is 3.84. The summed E-state index contributed by atoms with van der Waals surface area (Å²) in [7, 11) is 0. The Kier molecular flexibility index (Phi) is 3.83. The molecular weight excluding hydrogens is 256 g/mol. The van der Waals surface area contributed by atoms with Crippen molar-refractivity contribution in [1.82, 2.24) is 0 Å². The predicted octanol–water partition coefficient (Wildman–Crippen LogP) is 2.29. The third-order valence-corrected chi connectivity index (χ3v) is 2.44. The van der Waals surface area contributed by atoms with Gasteiger partial charge in [-0.2, -0.15) is 0 Å². The molecule has 0 saturated heterocycles. The average molecular weight is 266 g/mol. The molecule has 3 N–H and O–H groups in total. The minimum atomic E-state index is -2.53. The fourth-order valence-corrected chi connectivity index (χ4v) is 1.46. The molecule has 0 aliphatic carbocycles. The summed E-state index contributed by atoms with van der Waals surface area (Å²) in [4.78, 5) is 0. The van der Waals surface area contributed by atoms with Gasteiger partial charge in [-0.15, -0.1) is 0 Å². The summed E-state index contributed by atoms with van der Waals surface area (Å²) < 4.78 is 24.7. The fourth-order valence-electron chi connectivity index (χ4n) is 1.04. The van der Waals surface area contributed by atoms with E-state index in [4.69, 9.17) is 10.8 Å². The number of phenols is 1. The van der Waals surface area contributed by atoms with Gasteiger partial charge in [0, 0.05) is 0 Å². The van der Waals surface area contributed by atoms with Crippen LogP contribution in [0.4, 0.5) is 8.78 Å². The zero-order chi connectivity index (χ0) is 10.7. The summed E-state index contributed by atoms with van der Waals surface area (Å²) >= 11 is 3.09. The quantitative estimate of drug-likeness (QED) is 0.881. The summed E-state index contributed by atoms with van der Waals surface area (Å²) in [6, 6.07) is 3.43. The molecule has 0 saturated carbocycles. The van der Waals surface area contributed by atoms with Gasteiger partial charge in [0.25, 0.3) is 6.43 Å². The van der Waals surface area contributed by atoms with Gasteiger partial charge in [-0.3, -0.25) is 0 Å². The molecule has 1 aromatic carbocycles. The van der Waals surface area contributed by atoms with Gasteiger partial charge in [-0.05, 0) is 40.0 Å². The molecule has 5 heteroatoms. The van der Waals surface area contributed by atoms with E-state index < -0.39 is 12.5 Å². The molecule has 78 valence electrons. The summed E-state index contributed by atoms with van der Waals surface area (Å²) in [5, 5.41) is 9.16. The van der Waals surface area contributed by atoms with Crippen molar-refractivity contribution in [3.8, 4) is 5.75 Å². The van der Waals surface area contributed by atoms with Crippen LogP contribution in [0.5, 0.6) is 5.75 Å². The average Bonchev–Trinajstić information content (AvgIpc) is 2.11. The number of phenolic OH excluding ortho intramolecular Hbond substituents is 1. The molecule has 1 rings (SSSR count). The maximum Gasteiger partial charge on any atom is 0.253 e. The van der Waals surface area contributed by atoms with E-state index in [0.717, 1.165) is 0 Å². The Morgan fingerprint density at radius 1 is 1.43 bits per heavy atom. The van der Waals surface area contributed by atoms with Crippen LogP contribution < -0.4 is 5.73 Å². The monoisotopic (exact) mass is 265 g/mol. The first-order chi connectivity index (χ1) is 6.50. The highest BCUT2D eigenvalue weighted by Crippen LogP contribution is 2.24. The van der Waals surface area contributed by atoms with Crippen LogP contribution >= 0.6 is 15.9 Å². The molecule has 0 aromatic heterocycles. The Morgan fingerprint density at radius 2 is 2.07 bits per heavy atom. The van der Waals surface area contributed by atoms with E-state index in [-0.39, 0.29) is 12.2 Å². The molecule has 0 aliphatic heterocycles. The normalized spacial score (nSPS) is 13.2. The van der Waals surface area contributed by atoms with E-state index in [1.54, 1.807) is 12.1 Å². The second-order valence-electron chi connectivity index (χ2n) is 2.99. The van der Waals surface area contributed by atoms with E-state index in [9.17, 15) is 8.78 Å². The van der Waals surface area contributed by atoms with Crippen LogP contribution in [0.2, 0.25) is 0 Å². The molecule has 1 atom stereocenters. The van der Waals surface area contributed by atoms with E-state index in [1.807, 2.05) is 0 Å².